The van der Waals surface area contributed by atoms with E-state index in [2.05, 4.69) is 112 Å². The molecule has 4 rings (SSSR count). The van der Waals surface area contributed by atoms with Crippen molar-refractivity contribution in [2.45, 2.75) is 44.8 Å². The van der Waals surface area contributed by atoms with Crippen LogP contribution in [0.15, 0.2) is 91.0 Å². The zero-order chi connectivity index (χ0) is 20.3. The van der Waals surface area contributed by atoms with Crippen LogP contribution in [-0.2, 0) is 0 Å². The molecule has 0 saturated heterocycles. The Kier molecular flexibility index (Phi) is 6.30. The first-order chi connectivity index (χ1) is 14.1. The van der Waals surface area contributed by atoms with Crippen LogP contribution in [0.25, 0.3) is 0 Å². The third-order valence-electron chi connectivity index (χ3n) is 7.27. The van der Waals surface area contributed by atoms with E-state index >= 15 is 0 Å². The Morgan fingerprint density at radius 2 is 1.07 bits per heavy atom. The minimum absolute atomic E-state index is 0.730. The van der Waals surface area contributed by atoms with Crippen molar-refractivity contribution in [3.63, 3.8) is 0 Å². The number of benzene rings is 3. The van der Waals surface area contributed by atoms with Crippen LogP contribution in [0.4, 0.5) is 0 Å². The minimum atomic E-state index is -2.92. The molecule has 0 unspecified atom stereocenters. The molecule has 1 fully saturated rings. The van der Waals surface area contributed by atoms with Crippen LogP contribution in [0.2, 0.25) is 4.75 Å². The molecule has 0 bridgehead atoms. The molecule has 29 heavy (non-hydrogen) atoms. The molecule has 3 aromatic rings. The van der Waals surface area contributed by atoms with Gasteiger partial charge in [0.1, 0.15) is 0 Å². The normalized spacial score (nSPS) is 22.6. The Hall–Kier alpha value is -1.80. The van der Waals surface area contributed by atoms with Crippen molar-refractivity contribution >= 4 is 26.5 Å². The Balaban J connectivity index is 2.05. The fourth-order valence-electron chi connectivity index (χ4n) is 5.95. The van der Waals surface area contributed by atoms with Gasteiger partial charge in [-0.3, -0.25) is 0 Å². The maximum absolute atomic E-state index is 2.92. The molecule has 0 spiro atoms. The summed E-state index contributed by atoms with van der Waals surface area (Å²) in [7, 11) is 0. The van der Waals surface area contributed by atoms with Gasteiger partial charge in [-0.1, -0.05) is 0 Å². The van der Waals surface area contributed by atoms with Crippen LogP contribution < -0.4 is 13.2 Å². The number of hydrogen-bond acceptors (Lipinski definition) is 0. The zero-order valence-corrected chi connectivity index (χ0v) is 20.2. The van der Waals surface area contributed by atoms with Gasteiger partial charge in [-0.2, -0.15) is 0 Å². The Morgan fingerprint density at radius 1 is 0.655 bits per heavy atom. The van der Waals surface area contributed by atoms with Crippen LogP contribution in [0.5, 0.6) is 0 Å². The van der Waals surface area contributed by atoms with Crippen LogP contribution in [0.1, 0.15) is 40.0 Å². The average molecular weight is 443 g/mol. The van der Waals surface area contributed by atoms with E-state index in [-0.39, 0.29) is 0 Å². The molecule has 1 saturated carbocycles. The van der Waals surface area contributed by atoms with E-state index in [0.29, 0.717) is 0 Å². The van der Waals surface area contributed by atoms with Crippen LogP contribution in [0, 0.1) is 17.8 Å². The molecule has 0 nitrogen and oxygen atoms in total. The molecule has 1 aliphatic rings. The standard InChI is InChI=1S/C28H34Ge/c1-22(2)27-20-19-23(3)21-28(27)29(24-13-7-4-8-14-24,25-15-9-5-10-16-25)26-17-11-6-12-18-26/h4-18,22-23,27-28H,19-21H2,1-3H3/t23-,27+,28-/m1/s1. The molecule has 1 heteroatoms. The zero-order valence-electron chi connectivity index (χ0n) is 18.1. The summed E-state index contributed by atoms with van der Waals surface area (Å²) < 4.78 is 5.63. The van der Waals surface area contributed by atoms with Gasteiger partial charge < -0.3 is 0 Å². The van der Waals surface area contributed by atoms with Crippen molar-refractivity contribution in [3.05, 3.63) is 91.0 Å². The van der Waals surface area contributed by atoms with E-state index in [1.807, 2.05) is 0 Å². The van der Waals surface area contributed by atoms with Gasteiger partial charge in [0.05, 0.1) is 0 Å². The van der Waals surface area contributed by atoms with E-state index in [1.165, 1.54) is 19.3 Å². The molecule has 0 amide bonds. The summed E-state index contributed by atoms with van der Waals surface area (Å²) in [4.78, 5) is 0. The first-order valence-corrected chi connectivity index (χ1v) is 15.7. The van der Waals surface area contributed by atoms with Gasteiger partial charge in [0.25, 0.3) is 0 Å². The fourth-order valence-corrected chi connectivity index (χ4v) is 19.3. The number of rotatable bonds is 5. The first-order valence-electron chi connectivity index (χ1n) is 11.3. The van der Waals surface area contributed by atoms with Crippen molar-refractivity contribution in [2.75, 3.05) is 0 Å². The van der Waals surface area contributed by atoms with Crippen LogP contribution >= 0.6 is 0 Å². The summed E-state index contributed by atoms with van der Waals surface area (Å²) >= 11 is -2.92. The first kappa shape index (κ1) is 20.5. The molecular formula is C28H34Ge. The van der Waals surface area contributed by atoms with E-state index in [0.717, 1.165) is 22.5 Å². The summed E-state index contributed by atoms with van der Waals surface area (Å²) in [5, 5.41) is 0. The van der Waals surface area contributed by atoms with E-state index in [4.69, 9.17) is 0 Å². The van der Waals surface area contributed by atoms with Gasteiger partial charge in [0.15, 0.2) is 0 Å². The van der Waals surface area contributed by atoms with Crippen molar-refractivity contribution in [3.8, 4) is 0 Å². The van der Waals surface area contributed by atoms with Gasteiger partial charge in [-0.05, 0) is 0 Å². The molecule has 0 N–H and O–H groups in total. The van der Waals surface area contributed by atoms with Gasteiger partial charge in [-0.25, -0.2) is 0 Å². The Morgan fingerprint density at radius 3 is 1.45 bits per heavy atom. The van der Waals surface area contributed by atoms with Gasteiger partial charge in [0, 0.05) is 0 Å². The van der Waals surface area contributed by atoms with E-state index in [1.54, 1.807) is 13.2 Å². The molecule has 1 aliphatic carbocycles. The van der Waals surface area contributed by atoms with Crippen LogP contribution in [0.3, 0.4) is 0 Å². The summed E-state index contributed by atoms with van der Waals surface area (Å²) in [6.45, 7) is 7.40. The second-order valence-electron chi connectivity index (χ2n) is 9.34. The second kappa shape index (κ2) is 8.92. The third kappa shape index (κ3) is 3.84. The van der Waals surface area contributed by atoms with Gasteiger partial charge in [-0.15, -0.1) is 0 Å². The molecule has 3 aromatic carbocycles. The molecule has 0 aromatic heterocycles. The van der Waals surface area contributed by atoms with Gasteiger partial charge >= 0.3 is 180 Å². The molecule has 0 aliphatic heterocycles. The third-order valence-corrected chi connectivity index (χ3v) is 18.8. The predicted octanol–water partition coefficient (Wildman–Crippen LogP) is 5.62. The van der Waals surface area contributed by atoms with Crippen molar-refractivity contribution in [1.29, 1.82) is 0 Å². The van der Waals surface area contributed by atoms with E-state index in [9.17, 15) is 0 Å². The topological polar surface area (TPSA) is 0 Å². The predicted molar refractivity (Wildman–Crippen MR) is 129 cm³/mol. The molecule has 3 atom stereocenters. The van der Waals surface area contributed by atoms with Crippen LogP contribution in [-0.4, -0.2) is 13.3 Å². The maximum atomic E-state index is 2.48. The summed E-state index contributed by atoms with van der Waals surface area (Å²) in [6, 6.07) is 34.7. The second-order valence-corrected chi connectivity index (χ2v) is 17.9. The van der Waals surface area contributed by atoms with E-state index < -0.39 is 13.3 Å². The fraction of sp³-hybridized carbons (Fsp3) is 0.357. The molecular weight excluding hydrogens is 409 g/mol. The Bertz CT molecular complexity index is 789. The number of hydrogen-bond donors (Lipinski definition) is 0. The SMILES string of the molecule is CC(C)[C@@H]1CC[C@@H](C)C[C@H]1[Ge]([c]1ccccc1)([c]1ccccc1)[c]1ccccc1. The van der Waals surface area contributed by atoms with Crippen molar-refractivity contribution < 1.29 is 0 Å². The molecule has 150 valence electrons. The Labute approximate surface area is 179 Å². The van der Waals surface area contributed by atoms with Gasteiger partial charge in [0.2, 0.25) is 0 Å². The monoisotopic (exact) mass is 444 g/mol. The summed E-state index contributed by atoms with van der Waals surface area (Å²) in [6.07, 6.45) is 4.13. The quantitative estimate of drug-likeness (QED) is 0.450. The summed E-state index contributed by atoms with van der Waals surface area (Å²) in [5.74, 6) is 2.34. The molecule has 0 radical (unpaired) electrons. The van der Waals surface area contributed by atoms with Crippen molar-refractivity contribution in [1.82, 2.24) is 0 Å². The molecule has 0 heterocycles. The summed E-state index contributed by atoms with van der Waals surface area (Å²) in [5.41, 5.74) is 0. The van der Waals surface area contributed by atoms with Crippen molar-refractivity contribution in [2.24, 2.45) is 17.8 Å². The average Bonchev–Trinajstić information content (AvgIpc) is 2.77.